The summed E-state index contributed by atoms with van der Waals surface area (Å²) in [4.78, 5) is 23.2. The third-order valence-electron chi connectivity index (χ3n) is 4.70. The zero-order valence-corrected chi connectivity index (χ0v) is 20.8. The van der Waals surface area contributed by atoms with Gasteiger partial charge in [-0.3, -0.25) is 0 Å². The zero-order valence-electron chi connectivity index (χ0n) is 19.1. The second-order valence-corrected chi connectivity index (χ2v) is 8.00. The molecule has 0 saturated carbocycles. The van der Waals surface area contributed by atoms with E-state index < -0.39 is 11.9 Å². The van der Waals surface area contributed by atoms with Gasteiger partial charge in [-0.15, -0.1) is 0 Å². The third-order valence-corrected chi connectivity index (χ3v) is 5.11. The van der Waals surface area contributed by atoms with Gasteiger partial charge in [-0.25, -0.2) is 9.59 Å². The summed E-state index contributed by atoms with van der Waals surface area (Å²) in [5, 5.41) is 32.4. The summed E-state index contributed by atoms with van der Waals surface area (Å²) in [6.07, 6.45) is 0. The summed E-state index contributed by atoms with van der Waals surface area (Å²) < 4.78 is 9.21. The van der Waals surface area contributed by atoms with Gasteiger partial charge in [-0.05, 0) is 66.9 Å². The molecule has 0 aliphatic rings. The fourth-order valence-electron chi connectivity index (χ4n) is 3.05. The molecule has 0 unspecified atom stereocenters. The molecule has 0 aliphatic heterocycles. The Morgan fingerprint density at radius 2 is 1.00 bits per heavy atom. The summed E-state index contributed by atoms with van der Waals surface area (Å²) in [7, 11) is 2.46. The summed E-state index contributed by atoms with van der Waals surface area (Å²) in [6.45, 7) is 0. The zero-order chi connectivity index (χ0) is 26.2. The van der Waals surface area contributed by atoms with Gasteiger partial charge in [0.2, 0.25) is 0 Å². The lowest BCUT2D eigenvalue weighted by Crippen LogP contribution is -2.20. The minimum absolute atomic E-state index is 0.0416. The van der Waals surface area contributed by atoms with Gasteiger partial charge in [0.05, 0.1) is 14.2 Å². The van der Waals surface area contributed by atoms with E-state index in [0.29, 0.717) is 22.7 Å². The summed E-state index contributed by atoms with van der Waals surface area (Å²) in [6, 6.07) is 15.8. The Balaban J connectivity index is 1.59. The number of carbonyl (C=O) groups excluding carboxylic acids is 2. The first kappa shape index (κ1) is 26.2. The highest BCUT2D eigenvalue weighted by atomic mass is 32.1. The van der Waals surface area contributed by atoms with Gasteiger partial charge >= 0.3 is 11.9 Å². The molecule has 186 valence electrons. The lowest BCUT2D eigenvalue weighted by Gasteiger charge is -2.14. The number of methoxy groups -OCH3 is 2. The number of aromatic hydroxyl groups is 2. The molecule has 0 amide bonds. The number of rotatable bonds is 6. The fourth-order valence-corrected chi connectivity index (χ4v) is 3.52. The molecule has 0 atom stereocenters. The molecule has 0 bridgehead atoms. The monoisotopic (exact) mass is 526 g/mol. The van der Waals surface area contributed by atoms with Crippen LogP contribution >= 0.6 is 24.4 Å². The molecular weight excluding hydrogens is 504 g/mol. The Morgan fingerprint density at radius 3 is 1.33 bits per heavy atom. The van der Waals surface area contributed by atoms with Crippen LogP contribution in [0.15, 0.2) is 60.7 Å². The smallest absolute Gasteiger partial charge is 0.341 e. The van der Waals surface area contributed by atoms with E-state index in [1.54, 1.807) is 36.4 Å². The number of ether oxygens (including phenoxy) is 2. The van der Waals surface area contributed by atoms with Crippen LogP contribution in [0.25, 0.3) is 0 Å². The minimum atomic E-state index is -0.647. The molecule has 3 aromatic rings. The van der Waals surface area contributed by atoms with Crippen molar-refractivity contribution in [1.82, 2.24) is 0 Å². The van der Waals surface area contributed by atoms with Gasteiger partial charge < -0.3 is 41.0 Å². The Morgan fingerprint density at radius 1 is 0.639 bits per heavy atom. The van der Waals surface area contributed by atoms with Crippen LogP contribution in [0.3, 0.4) is 0 Å². The van der Waals surface area contributed by atoms with Crippen LogP contribution < -0.4 is 21.3 Å². The van der Waals surface area contributed by atoms with Gasteiger partial charge in [0, 0.05) is 34.9 Å². The average molecular weight is 527 g/mol. The Bertz CT molecular complexity index is 1230. The Kier molecular flexibility index (Phi) is 8.60. The average Bonchev–Trinajstić information content (AvgIpc) is 2.83. The molecular formula is C24H22N4O6S2. The van der Waals surface area contributed by atoms with Gasteiger partial charge in [0.15, 0.2) is 10.2 Å². The van der Waals surface area contributed by atoms with E-state index in [0.717, 1.165) is 0 Å². The van der Waals surface area contributed by atoms with Crippen LogP contribution in [0.5, 0.6) is 11.5 Å². The molecule has 3 rings (SSSR count). The number of nitrogens with one attached hydrogen (secondary N) is 4. The molecule has 3 aromatic carbocycles. The molecule has 0 spiro atoms. The molecule has 36 heavy (non-hydrogen) atoms. The van der Waals surface area contributed by atoms with Crippen LogP contribution in [0, 0.1) is 0 Å². The molecule has 0 aromatic heterocycles. The Labute approximate surface area is 217 Å². The van der Waals surface area contributed by atoms with Crippen LogP contribution in [0.4, 0.5) is 22.7 Å². The second-order valence-electron chi connectivity index (χ2n) is 7.19. The van der Waals surface area contributed by atoms with E-state index in [1.807, 2.05) is 0 Å². The molecule has 0 radical (unpaired) electrons. The maximum absolute atomic E-state index is 11.6. The van der Waals surface area contributed by atoms with Crippen molar-refractivity contribution in [2.24, 2.45) is 0 Å². The van der Waals surface area contributed by atoms with Crippen molar-refractivity contribution in [2.75, 3.05) is 35.5 Å². The summed E-state index contributed by atoms with van der Waals surface area (Å²) >= 11 is 10.7. The number of anilines is 4. The number of carbonyl (C=O) groups is 2. The maximum Gasteiger partial charge on any atom is 0.341 e. The molecule has 12 heteroatoms. The Hall–Kier alpha value is -4.42. The van der Waals surface area contributed by atoms with Crippen LogP contribution in [-0.2, 0) is 9.47 Å². The quantitative estimate of drug-likeness (QED) is 0.202. The van der Waals surface area contributed by atoms with E-state index in [1.165, 1.54) is 38.5 Å². The second kappa shape index (κ2) is 11.8. The van der Waals surface area contributed by atoms with Crippen LogP contribution in [0.1, 0.15) is 20.7 Å². The summed E-state index contributed by atoms with van der Waals surface area (Å²) in [5.74, 6) is -1.77. The standard InChI is InChI=1S/C24H22N4O6S2/c1-33-21(31)17-8-6-15(11-19(17)29)27-23(35)25-13-4-3-5-14(10-13)26-24(36)28-16-7-9-18(20(30)12-16)22(32)34-2/h3-12,29-30H,1-2H3,(H2,25,27,35)(H2,26,28,36). The number of benzene rings is 3. The maximum atomic E-state index is 11.6. The number of hydrogen-bond donors (Lipinski definition) is 6. The third kappa shape index (κ3) is 6.81. The number of phenols is 2. The fraction of sp³-hybridized carbons (Fsp3) is 0.0833. The molecule has 6 N–H and O–H groups in total. The molecule has 0 aliphatic carbocycles. The minimum Gasteiger partial charge on any atom is -0.507 e. The lowest BCUT2D eigenvalue weighted by atomic mass is 10.2. The van der Waals surface area contributed by atoms with Gasteiger partial charge in [0.25, 0.3) is 0 Å². The van der Waals surface area contributed by atoms with E-state index in [9.17, 15) is 19.8 Å². The molecule has 0 fully saturated rings. The van der Waals surface area contributed by atoms with Crippen molar-refractivity contribution in [2.45, 2.75) is 0 Å². The lowest BCUT2D eigenvalue weighted by molar-refractivity contribution is 0.0588. The number of phenolic OH excluding ortho intramolecular Hbond substituents is 2. The topological polar surface area (TPSA) is 141 Å². The predicted octanol–water partition coefficient (Wildman–Crippen LogP) is 4.29. The van der Waals surface area contributed by atoms with Crippen molar-refractivity contribution in [3.05, 3.63) is 71.8 Å². The largest absolute Gasteiger partial charge is 0.507 e. The molecule has 10 nitrogen and oxygen atoms in total. The van der Waals surface area contributed by atoms with Gasteiger partial charge in [0.1, 0.15) is 22.6 Å². The molecule has 0 saturated heterocycles. The van der Waals surface area contributed by atoms with E-state index in [2.05, 4.69) is 30.7 Å². The number of hydrogen-bond acceptors (Lipinski definition) is 8. The first-order valence-corrected chi connectivity index (χ1v) is 11.1. The van der Waals surface area contributed by atoms with E-state index >= 15 is 0 Å². The number of thiocarbonyl (C=S) groups is 2. The first-order valence-electron chi connectivity index (χ1n) is 10.3. The van der Waals surface area contributed by atoms with Crippen molar-refractivity contribution in [3.8, 4) is 11.5 Å². The van der Waals surface area contributed by atoms with Crippen molar-refractivity contribution >= 4 is 69.3 Å². The van der Waals surface area contributed by atoms with Crippen LogP contribution in [0.2, 0.25) is 0 Å². The SMILES string of the molecule is COC(=O)c1ccc(NC(=S)Nc2cccc(NC(=S)Nc3ccc(C(=O)OC)c(O)c3)c2)cc1O. The predicted molar refractivity (Wildman–Crippen MR) is 145 cm³/mol. The first-order chi connectivity index (χ1) is 17.2. The van der Waals surface area contributed by atoms with Crippen molar-refractivity contribution in [3.63, 3.8) is 0 Å². The van der Waals surface area contributed by atoms with Gasteiger partial charge in [-0.1, -0.05) is 6.07 Å². The highest BCUT2D eigenvalue weighted by molar-refractivity contribution is 7.81. The summed E-state index contributed by atoms with van der Waals surface area (Å²) in [5.41, 5.74) is 2.32. The van der Waals surface area contributed by atoms with E-state index in [-0.39, 0.29) is 32.9 Å². The molecule has 0 heterocycles. The highest BCUT2D eigenvalue weighted by Gasteiger charge is 2.13. The number of esters is 2. The van der Waals surface area contributed by atoms with Crippen molar-refractivity contribution < 1.29 is 29.3 Å². The van der Waals surface area contributed by atoms with Crippen molar-refractivity contribution in [1.29, 1.82) is 0 Å². The van der Waals surface area contributed by atoms with Gasteiger partial charge in [-0.2, -0.15) is 0 Å². The van der Waals surface area contributed by atoms with E-state index in [4.69, 9.17) is 24.4 Å². The van der Waals surface area contributed by atoms with Crippen LogP contribution in [-0.4, -0.2) is 46.6 Å². The normalized spacial score (nSPS) is 10.1. The highest BCUT2D eigenvalue weighted by Crippen LogP contribution is 2.24.